The van der Waals surface area contributed by atoms with Gasteiger partial charge in [0, 0.05) is 5.02 Å². The average molecular weight is 383 g/mol. The van der Waals surface area contributed by atoms with Crippen molar-refractivity contribution in [2.45, 2.75) is 17.4 Å². The van der Waals surface area contributed by atoms with Gasteiger partial charge in [0.25, 0.3) is 11.1 Å². The Morgan fingerprint density at radius 2 is 1.65 bits per heavy atom. The molecule has 0 aliphatic rings. The van der Waals surface area contributed by atoms with E-state index in [4.69, 9.17) is 20.4 Å². The number of hydrogen-bond donors (Lipinski definition) is 0. The molecule has 4 aromatic rings. The summed E-state index contributed by atoms with van der Waals surface area (Å²) in [4.78, 5) is 0. The van der Waals surface area contributed by atoms with Gasteiger partial charge < -0.3 is 8.83 Å². The van der Waals surface area contributed by atoms with Crippen LogP contribution in [0.3, 0.4) is 0 Å². The molecule has 2 aromatic heterocycles. The van der Waals surface area contributed by atoms with Crippen molar-refractivity contribution in [2.24, 2.45) is 0 Å². The molecule has 0 spiro atoms. The first-order chi connectivity index (χ1) is 12.7. The number of halogens is 1. The van der Waals surface area contributed by atoms with E-state index in [1.165, 1.54) is 11.8 Å². The second kappa shape index (κ2) is 7.40. The molecule has 0 aliphatic carbocycles. The molecular formula is C20H15ClN2O2S. The number of rotatable bonds is 5. The number of benzene rings is 2. The lowest BCUT2D eigenvalue weighted by atomic mass is 10.0. The second-order valence-corrected chi connectivity index (χ2v) is 7.22. The molecule has 0 fully saturated rings. The number of thioether (sulfide) groups is 1. The van der Waals surface area contributed by atoms with Crippen molar-refractivity contribution in [3.63, 3.8) is 0 Å². The lowest BCUT2D eigenvalue weighted by molar-refractivity contribution is 0.463. The molecule has 26 heavy (non-hydrogen) atoms. The SMILES string of the molecule is Cc1occc1-c1nnc(S[C@@H](c2ccccc2)c2ccc(Cl)cc2)o1. The van der Waals surface area contributed by atoms with E-state index in [-0.39, 0.29) is 5.25 Å². The first-order valence-corrected chi connectivity index (χ1v) is 9.31. The lowest BCUT2D eigenvalue weighted by Crippen LogP contribution is -1.96. The van der Waals surface area contributed by atoms with Crippen molar-refractivity contribution < 1.29 is 8.83 Å². The Morgan fingerprint density at radius 1 is 0.923 bits per heavy atom. The Bertz CT molecular complexity index is 996. The fourth-order valence-corrected chi connectivity index (χ4v) is 3.80. The maximum absolute atomic E-state index is 6.04. The molecule has 0 radical (unpaired) electrons. The van der Waals surface area contributed by atoms with Crippen molar-refractivity contribution in [3.8, 4) is 11.5 Å². The van der Waals surface area contributed by atoms with Crippen LogP contribution < -0.4 is 0 Å². The van der Waals surface area contributed by atoms with E-state index >= 15 is 0 Å². The Morgan fingerprint density at radius 3 is 2.35 bits per heavy atom. The van der Waals surface area contributed by atoms with Crippen LogP contribution in [0.1, 0.15) is 22.1 Å². The van der Waals surface area contributed by atoms with Gasteiger partial charge in [0.2, 0.25) is 0 Å². The maximum Gasteiger partial charge on any atom is 0.277 e. The van der Waals surface area contributed by atoms with Crippen molar-refractivity contribution in [2.75, 3.05) is 0 Å². The summed E-state index contributed by atoms with van der Waals surface area (Å²) in [7, 11) is 0. The smallest absolute Gasteiger partial charge is 0.277 e. The van der Waals surface area contributed by atoms with E-state index in [2.05, 4.69) is 22.3 Å². The van der Waals surface area contributed by atoms with Gasteiger partial charge >= 0.3 is 0 Å². The monoisotopic (exact) mass is 382 g/mol. The first-order valence-electron chi connectivity index (χ1n) is 8.06. The summed E-state index contributed by atoms with van der Waals surface area (Å²) in [5.41, 5.74) is 3.08. The van der Waals surface area contributed by atoms with Crippen LogP contribution in [0, 0.1) is 6.92 Å². The predicted octanol–water partition coefficient (Wildman–Crippen LogP) is 6.17. The number of nitrogens with zero attached hydrogens (tertiary/aromatic N) is 2. The van der Waals surface area contributed by atoms with Crippen molar-refractivity contribution in [1.82, 2.24) is 10.2 Å². The van der Waals surface area contributed by atoms with E-state index in [1.54, 1.807) is 6.26 Å². The normalized spacial score (nSPS) is 12.2. The van der Waals surface area contributed by atoms with Crippen LogP contribution >= 0.6 is 23.4 Å². The third-order valence-electron chi connectivity index (χ3n) is 3.99. The minimum absolute atomic E-state index is 0.0206. The number of aromatic nitrogens is 2. The summed E-state index contributed by atoms with van der Waals surface area (Å²) in [6, 6.07) is 19.9. The second-order valence-electron chi connectivity index (χ2n) is 5.72. The van der Waals surface area contributed by atoms with Crippen LogP contribution in [0.25, 0.3) is 11.5 Å². The van der Waals surface area contributed by atoms with Crippen molar-refractivity contribution >= 4 is 23.4 Å². The predicted molar refractivity (Wildman–Crippen MR) is 102 cm³/mol. The van der Waals surface area contributed by atoms with Gasteiger partial charge in [0.1, 0.15) is 5.76 Å². The van der Waals surface area contributed by atoms with Crippen LogP contribution in [-0.4, -0.2) is 10.2 Å². The highest BCUT2D eigenvalue weighted by molar-refractivity contribution is 7.99. The fourth-order valence-electron chi connectivity index (χ4n) is 2.67. The summed E-state index contributed by atoms with van der Waals surface area (Å²) in [5.74, 6) is 1.21. The largest absolute Gasteiger partial charge is 0.469 e. The summed E-state index contributed by atoms with van der Waals surface area (Å²) in [5, 5.41) is 9.59. The zero-order valence-corrected chi connectivity index (χ0v) is 15.5. The van der Waals surface area contributed by atoms with Gasteiger partial charge in [-0.2, -0.15) is 0 Å². The number of aryl methyl sites for hydroxylation is 1. The molecule has 0 bridgehead atoms. The molecule has 0 saturated heterocycles. The first kappa shape index (κ1) is 16.9. The van der Waals surface area contributed by atoms with Crippen LogP contribution in [0.15, 0.2) is 81.0 Å². The van der Waals surface area contributed by atoms with E-state index in [0.717, 1.165) is 22.5 Å². The Labute approximate surface area is 160 Å². The Kier molecular flexibility index (Phi) is 4.82. The van der Waals surface area contributed by atoms with Gasteiger partial charge in [0.05, 0.1) is 17.1 Å². The molecule has 2 aromatic carbocycles. The Hall–Kier alpha value is -2.50. The third-order valence-corrected chi connectivity index (χ3v) is 5.39. The zero-order valence-electron chi connectivity index (χ0n) is 13.9. The molecule has 2 heterocycles. The third kappa shape index (κ3) is 3.54. The molecule has 0 N–H and O–H groups in total. The minimum Gasteiger partial charge on any atom is -0.469 e. The maximum atomic E-state index is 6.04. The average Bonchev–Trinajstić information content (AvgIpc) is 3.30. The summed E-state index contributed by atoms with van der Waals surface area (Å²) in [6.45, 7) is 1.87. The van der Waals surface area contributed by atoms with E-state index in [1.807, 2.05) is 55.5 Å². The van der Waals surface area contributed by atoms with Gasteiger partial charge in [-0.15, -0.1) is 10.2 Å². The quantitative estimate of drug-likeness (QED) is 0.386. The fraction of sp³-hybridized carbons (Fsp3) is 0.100. The van der Waals surface area contributed by atoms with Crippen LogP contribution in [0.5, 0.6) is 0 Å². The molecule has 0 saturated carbocycles. The molecule has 1 atom stereocenters. The van der Waals surface area contributed by atoms with E-state index < -0.39 is 0 Å². The molecular weight excluding hydrogens is 368 g/mol. The topological polar surface area (TPSA) is 52.1 Å². The van der Waals surface area contributed by atoms with Crippen LogP contribution in [-0.2, 0) is 0 Å². The molecule has 130 valence electrons. The molecule has 4 rings (SSSR count). The van der Waals surface area contributed by atoms with Crippen molar-refractivity contribution in [1.29, 1.82) is 0 Å². The van der Waals surface area contributed by atoms with Gasteiger partial charge in [-0.1, -0.05) is 65.8 Å². The highest BCUT2D eigenvalue weighted by atomic mass is 35.5. The van der Waals surface area contributed by atoms with Gasteiger partial charge in [-0.25, -0.2) is 0 Å². The highest BCUT2D eigenvalue weighted by Gasteiger charge is 2.20. The summed E-state index contributed by atoms with van der Waals surface area (Å²) in [6.07, 6.45) is 1.61. The van der Waals surface area contributed by atoms with E-state index in [0.29, 0.717) is 16.1 Å². The van der Waals surface area contributed by atoms with Gasteiger partial charge in [0.15, 0.2) is 0 Å². The van der Waals surface area contributed by atoms with Crippen LogP contribution in [0.2, 0.25) is 5.02 Å². The van der Waals surface area contributed by atoms with Gasteiger partial charge in [-0.3, -0.25) is 0 Å². The summed E-state index contributed by atoms with van der Waals surface area (Å²) < 4.78 is 11.2. The van der Waals surface area contributed by atoms with Gasteiger partial charge in [-0.05, 0) is 36.2 Å². The summed E-state index contributed by atoms with van der Waals surface area (Å²) >= 11 is 7.55. The van der Waals surface area contributed by atoms with E-state index in [9.17, 15) is 0 Å². The molecule has 6 heteroatoms. The minimum atomic E-state index is 0.0206. The van der Waals surface area contributed by atoms with Crippen LogP contribution in [0.4, 0.5) is 0 Å². The van der Waals surface area contributed by atoms with Crippen molar-refractivity contribution in [3.05, 3.63) is 88.8 Å². The molecule has 4 nitrogen and oxygen atoms in total. The zero-order chi connectivity index (χ0) is 17.9. The molecule has 0 aliphatic heterocycles. The Balaban J connectivity index is 1.66. The molecule has 0 unspecified atom stereocenters. The molecule has 0 amide bonds. The highest BCUT2D eigenvalue weighted by Crippen LogP contribution is 2.41. The number of hydrogen-bond acceptors (Lipinski definition) is 5. The lowest BCUT2D eigenvalue weighted by Gasteiger charge is -2.15. The number of furan rings is 1. The standard InChI is InChI=1S/C20H15ClN2O2S/c1-13-17(11-12-24-13)19-22-23-20(25-19)26-18(14-5-3-2-4-6-14)15-7-9-16(21)10-8-15/h2-12,18H,1H3/t18-/m0/s1.